The first-order chi connectivity index (χ1) is 9.34. The molecule has 0 radical (unpaired) electrons. The van der Waals surface area contributed by atoms with Crippen molar-refractivity contribution in [2.45, 2.75) is 37.4 Å². The molecule has 0 atom stereocenters. The van der Waals surface area contributed by atoms with Gasteiger partial charge in [-0.05, 0) is 6.92 Å². The SMILES string of the molecule is Cc1csc(SCC(=O)Nc2cc(C(C)(C)C)no2)n1. The summed E-state index contributed by atoms with van der Waals surface area (Å²) < 4.78 is 6.01. The standard InChI is InChI=1S/C13H17N3O2S2/c1-8-6-19-12(14-8)20-7-10(17)15-11-5-9(16-18-11)13(2,3)4/h5-6H,7H2,1-4H3,(H,15,17). The largest absolute Gasteiger partial charge is 0.338 e. The summed E-state index contributed by atoms with van der Waals surface area (Å²) in [6.07, 6.45) is 0. The number of rotatable bonds is 4. The van der Waals surface area contributed by atoms with Gasteiger partial charge >= 0.3 is 0 Å². The number of carbonyl (C=O) groups is 1. The van der Waals surface area contributed by atoms with Crippen molar-refractivity contribution in [3.05, 3.63) is 22.8 Å². The lowest BCUT2D eigenvalue weighted by atomic mass is 9.92. The van der Waals surface area contributed by atoms with Crippen LogP contribution in [0.4, 0.5) is 5.88 Å². The molecule has 2 aromatic heterocycles. The highest BCUT2D eigenvalue weighted by atomic mass is 32.2. The van der Waals surface area contributed by atoms with Crippen LogP contribution >= 0.6 is 23.1 Å². The molecule has 2 aromatic rings. The number of aryl methyl sites for hydroxylation is 1. The predicted molar refractivity (Wildman–Crippen MR) is 81.4 cm³/mol. The van der Waals surface area contributed by atoms with Gasteiger partial charge < -0.3 is 4.52 Å². The molecule has 0 saturated heterocycles. The summed E-state index contributed by atoms with van der Waals surface area (Å²) in [7, 11) is 0. The first-order valence-electron chi connectivity index (χ1n) is 6.16. The number of anilines is 1. The fraction of sp³-hybridized carbons (Fsp3) is 0.462. The van der Waals surface area contributed by atoms with Crippen LogP contribution in [0.1, 0.15) is 32.2 Å². The Kier molecular flexibility index (Phi) is 4.49. The van der Waals surface area contributed by atoms with Crippen molar-refractivity contribution in [1.82, 2.24) is 10.1 Å². The van der Waals surface area contributed by atoms with Gasteiger partial charge in [-0.2, -0.15) is 0 Å². The predicted octanol–water partition coefficient (Wildman–Crippen LogP) is 3.47. The van der Waals surface area contributed by atoms with Crippen molar-refractivity contribution in [1.29, 1.82) is 0 Å². The van der Waals surface area contributed by atoms with Gasteiger partial charge in [0.2, 0.25) is 11.8 Å². The van der Waals surface area contributed by atoms with Crippen LogP contribution in [-0.2, 0) is 10.2 Å². The van der Waals surface area contributed by atoms with E-state index in [4.69, 9.17) is 4.52 Å². The Morgan fingerprint density at radius 1 is 1.50 bits per heavy atom. The smallest absolute Gasteiger partial charge is 0.237 e. The molecule has 0 bridgehead atoms. The number of amides is 1. The van der Waals surface area contributed by atoms with Gasteiger partial charge in [-0.15, -0.1) is 11.3 Å². The zero-order valence-corrected chi connectivity index (χ0v) is 13.5. The maximum Gasteiger partial charge on any atom is 0.237 e. The first kappa shape index (κ1) is 15.1. The fourth-order valence-corrected chi connectivity index (χ4v) is 3.04. The second-order valence-electron chi connectivity index (χ2n) is 5.42. The van der Waals surface area contributed by atoms with E-state index in [0.717, 1.165) is 15.7 Å². The molecule has 2 rings (SSSR count). The summed E-state index contributed by atoms with van der Waals surface area (Å²) in [4.78, 5) is 16.1. The normalized spacial score (nSPS) is 11.6. The molecular weight excluding hydrogens is 294 g/mol. The highest BCUT2D eigenvalue weighted by Crippen LogP contribution is 2.25. The number of carbonyl (C=O) groups excluding carboxylic acids is 1. The summed E-state index contributed by atoms with van der Waals surface area (Å²) in [6.45, 7) is 8.05. The van der Waals surface area contributed by atoms with E-state index < -0.39 is 0 Å². The third-order valence-electron chi connectivity index (χ3n) is 2.47. The van der Waals surface area contributed by atoms with Crippen LogP contribution in [0.25, 0.3) is 0 Å². The second-order valence-corrected chi connectivity index (χ2v) is 7.50. The molecule has 0 fully saturated rings. The molecule has 0 spiro atoms. The number of hydrogen-bond acceptors (Lipinski definition) is 6. The lowest BCUT2D eigenvalue weighted by Gasteiger charge is -2.12. The van der Waals surface area contributed by atoms with Gasteiger partial charge in [-0.25, -0.2) is 4.98 Å². The first-order valence-corrected chi connectivity index (χ1v) is 8.03. The van der Waals surface area contributed by atoms with Crippen LogP contribution in [0.2, 0.25) is 0 Å². The third kappa shape index (κ3) is 4.08. The Balaban J connectivity index is 1.87. The molecule has 0 unspecified atom stereocenters. The lowest BCUT2D eigenvalue weighted by molar-refractivity contribution is -0.113. The Hall–Kier alpha value is -1.34. The molecular formula is C13H17N3O2S2. The maximum atomic E-state index is 11.8. The van der Waals surface area contributed by atoms with Crippen LogP contribution < -0.4 is 5.32 Å². The van der Waals surface area contributed by atoms with E-state index in [1.54, 1.807) is 17.4 Å². The summed E-state index contributed by atoms with van der Waals surface area (Å²) in [5.41, 5.74) is 1.69. The second kappa shape index (κ2) is 5.97. The topological polar surface area (TPSA) is 68.0 Å². The van der Waals surface area contributed by atoms with Crippen LogP contribution in [0.15, 0.2) is 20.3 Å². The van der Waals surface area contributed by atoms with Crippen molar-refractivity contribution in [3.8, 4) is 0 Å². The molecule has 2 heterocycles. The number of nitrogens with one attached hydrogen (secondary N) is 1. The van der Waals surface area contributed by atoms with Crippen LogP contribution in [0, 0.1) is 6.92 Å². The van der Waals surface area contributed by atoms with Crippen LogP contribution in [0.3, 0.4) is 0 Å². The molecule has 0 aliphatic heterocycles. The quantitative estimate of drug-likeness (QED) is 0.876. The molecule has 20 heavy (non-hydrogen) atoms. The fourth-order valence-electron chi connectivity index (χ4n) is 1.39. The van der Waals surface area contributed by atoms with Crippen molar-refractivity contribution in [2.75, 3.05) is 11.1 Å². The minimum Gasteiger partial charge on any atom is -0.338 e. The third-order valence-corrected chi connectivity index (χ3v) is 4.60. The molecule has 0 aliphatic carbocycles. The summed E-state index contributed by atoms with van der Waals surface area (Å²) >= 11 is 2.96. The van der Waals surface area contributed by atoms with E-state index >= 15 is 0 Å². The molecule has 7 heteroatoms. The van der Waals surface area contributed by atoms with E-state index in [0.29, 0.717) is 11.6 Å². The van der Waals surface area contributed by atoms with Gasteiger partial charge in [0.15, 0.2) is 4.34 Å². The minimum atomic E-state index is -0.125. The summed E-state index contributed by atoms with van der Waals surface area (Å²) in [5.74, 6) is 0.564. The number of thioether (sulfide) groups is 1. The van der Waals surface area contributed by atoms with Crippen molar-refractivity contribution in [2.24, 2.45) is 0 Å². The maximum absolute atomic E-state index is 11.8. The zero-order valence-electron chi connectivity index (χ0n) is 11.9. The highest BCUT2D eigenvalue weighted by Gasteiger charge is 2.19. The Morgan fingerprint density at radius 3 is 2.80 bits per heavy atom. The van der Waals surface area contributed by atoms with Gasteiger partial charge in [-0.1, -0.05) is 37.7 Å². The van der Waals surface area contributed by atoms with E-state index in [1.165, 1.54) is 11.8 Å². The number of aromatic nitrogens is 2. The van der Waals surface area contributed by atoms with Crippen LogP contribution in [0.5, 0.6) is 0 Å². The Morgan fingerprint density at radius 2 is 2.25 bits per heavy atom. The molecule has 1 amide bonds. The van der Waals surface area contributed by atoms with E-state index in [-0.39, 0.29) is 11.3 Å². The summed E-state index contributed by atoms with van der Waals surface area (Å²) in [6, 6.07) is 1.76. The van der Waals surface area contributed by atoms with Gasteiger partial charge in [0.25, 0.3) is 0 Å². The van der Waals surface area contributed by atoms with Gasteiger partial charge in [-0.3, -0.25) is 10.1 Å². The van der Waals surface area contributed by atoms with Gasteiger partial charge in [0.05, 0.1) is 11.4 Å². The molecule has 0 saturated carbocycles. The van der Waals surface area contributed by atoms with E-state index in [9.17, 15) is 4.79 Å². The van der Waals surface area contributed by atoms with Crippen molar-refractivity contribution >= 4 is 34.9 Å². The Bertz CT molecular complexity index is 599. The molecule has 1 N–H and O–H groups in total. The average molecular weight is 311 g/mol. The van der Waals surface area contributed by atoms with Gasteiger partial charge in [0.1, 0.15) is 0 Å². The molecule has 108 valence electrons. The number of nitrogens with zero attached hydrogens (tertiary/aromatic N) is 2. The van der Waals surface area contributed by atoms with Crippen molar-refractivity contribution in [3.63, 3.8) is 0 Å². The lowest BCUT2D eigenvalue weighted by Crippen LogP contribution is -2.14. The highest BCUT2D eigenvalue weighted by molar-refractivity contribution is 8.01. The average Bonchev–Trinajstić information content (AvgIpc) is 2.95. The zero-order chi connectivity index (χ0) is 14.8. The number of hydrogen-bond donors (Lipinski definition) is 1. The van der Waals surface area contributed by atoms with Crippen LogP contribution in [-0.4, -0.2) is 21.8 Å². The molecule has 0 aliphatic rings. The van der Waals surface area contributed by atoms with E-state index in [2.05, 4.69) is 15.5 Å². The molecule has 5 nitrogen and oxygen atoms in total. The summed E-state index contributed by atoms with van der Waals surface area (Å²) in [5, 5.41) is 8.62. The van der Waals surface area contributed by atoms with Gasteiger partial charge in [0, 0.05) is 22.6 Å². The Labute approximate surface area is 126 Å². The minimum absolute atomic E-state index is 0.0976. The van der Waals surface area contributed by atoms with Crippen molar-refractivity contribution < 1.29 is 9.32 Å². The monoisotopic (exact) mass is 311 g/mol. The molecule has 0 aromatic carbocycles. The van der Waals surface area contributed by atoms with E-state index in [1.807, 2.05) is 33.1 Å². The number of thiazole rings is 1.